The van der Waals surface area contributed by atoms with Gasteiger partial charge in [-0.2, -0.15) is 0 Å². The molecule has 0 unspecified atom stereocenters. The second-order valence-electron chi connectivity index (χ2n) is 5.93. The Morgan fingerprint density at radius 2 is 1.79 bits per heavy atom. The number of nitrogens with one attached hydrogen (secondary N) is 1. The van der Waals surface area contributed by atoms with Crippen molar-refractivity contribution in [1.29, 1.82) is 0 Å². The zero-order valence-corrected chi connectivity index (χ0v) is 14.0. The molecule has 6 heteroatoms. The minimum absolute atomic E-state index is 0.0394. The molecule has 24 heavy (non-hydrogen) atoms. The number of unbranched alkanes of at least 4 members (excludes halogenated alkanes) is 5. The van der Waals surface area contributed by atoms with Crippen LogP contribution in [0.1, 0.15) is 57.4 Å². The van der Waals surface area contributed by atoms with Crippen molar-refractivity contribution in [3.63, 3.8) is 0 Å². The Balaban J connectivity index is 2.43. The first-order valence-electron chi connectivity index (χ1n) is 8.40. The molecule has 1 aromatic rings. The fourth-order valence-electron chi connectivity index (χ4n) is 2.47. The standard InChI is InChI=1S/C18H25F2NO3/c1-2-3-4-5-6-7-8-16(18(23)24)21-17(22)11-13-9-10-14(19)12-15(13)20/h9-10,12,16H,2-8,11H2,1H3,(H,21,22)(H,23,24)/t16-/m0/s1. The van der Waals surface area contributed by atoms with Gasteiger partial charge in [-0.3, -0.25) is 4.79 Å². The molecule has 1 atom stereocenters. The van der Waals surface area contributed by atoms with Crippen molar-refractivity contribution < 1.29 is 23.5 Å². The summed E-state index contributed by atoms with van der Waals surface area (Å²) in [7, 11) is 0. The van der Waals surface area contributed by atoms with E-state index in [9.17, 15) is 23.5 Å². The molecule has 0 saturated heterocycles. The monoisotopic (exact) mass is 341 g/mol. The highest BCUT2D eigenvalue weighted by atomic mass is 19.1. The molecule has 134 valence electrons. The van der Waals surface area contributed by atoms with Crippen LogP contribution < -0.4 is 5.32 Å². The quantitative estimate of drug-likeness (QED) is 0.601. The second-order valence-corrected chi connectivity index (χ2v) is 5.93. The van der Waals surface area contributed by atoms with E-state index >= 15 is 0 Å². The summed E-state index contributed by atoms with van der Waals surface area (Å²) in [6.45, 7) is 2.12. The van der Waals surface area contributed by atoms with Crippen LogP contribution in [0.2, 0.25) is 0 Å². The van der Waals surface area contributed by atoms with Crippen LogP contribution in [0.25, 0.3) is 0 Å². The Morgan fingerprint density at radius 3 is 2.42 bits per heavy atom. The molecule has 0 fully saturated rings. The predicted octanol–water partition coefficient (Wildman–Crippen LogP) is 3.83. The van der Waals surface area contributed by atoms with Gasteiger partial charge in [0, 0.05) is 6.07 Å². The lowest BCUT2D eigenvalue weighted by atomic mass is 10.0. The zero-order valence-electron chi connectivity index (χ0n) is 14.0. The van der Waals surface area contributed by atoms with E-state index in [-0.39, 0.29) is 12.0 Å². The average Bonchev–Trinajstić information content (AvgIpc) is 2.52. The van der Waals surface area contributed by atoms with Crippen LogP contribution in [0.5, 0.6) is 0 Å². The van der Waals surface area contributed by atoms with Gasteiger partial charge < -0.3 is 10.4 Å². The number of rotatable bonds is 11. The van der Waals surface area contributed by atoms with Crippen molar-refractivity contribution >= 4 is 11.9 Å². The Kier molecular flexibility index (Phi) is 8.97. The van der Waals surface area contributed by atoms with E-state index in [1.54, 1.807) is 0 Å². The van der Waals surface area contributed by atoms with Crippen molar-refractivity contribution in [2.75, 3.05) is 0 Å². The Bertz CT molecular complexity index is 549. The van der Waals surface area contributed by atoms with E-state index in [2.05, 4.69) is 12.2 Å². The average molecular weight is 341 g/mol. The van der Waals surface area contributed by atoms with Gasteiger partial charge in [0.1, 0.15) is 17.7 Å². The number of carbonyl (C=O) groups is 2. The molecule has 0 saturated carbocycles. The molecule has 0 spiro atoms. The number of amides is 1. The molecule has 2 N–H and O–H groups in total. The van der Waals surface area contributed by atoms with Crippen molar-refractivity contribution in [3.05, 3.63) is 35.4 Å². The Morgan fingerprint density at radius 1 is 1.12 bits per heavy atom. The Hall–Kier alpha value is -1.98. The summed E-state index contributed by atoms with van der Waals surface area (Å²) in [5.74, 6) is -3.22. The molecular formula is C18H25F2NO3. The number of benzene rings is 1. The third-order valence-electron chi connectivity index (χ3n) is 3.85. The van der Waals surface area contributed by atoms with Crippen LogP contribution in [-0.4, -0.2) is 23.0 Å². The van der Waals surface area contributed by atoms with Gasteiger partial charge in [-0.15, -0.1) is 0 Å². The normalized spacial score (nSPS) is 12.0. The van der Waals surface area contributed by atoms with Gasteiger partial charge in [0.05, 0.1) is 6.42 Å². The third-order valence-corrected chi connectivity index (χ3v) is 3.85. The maximum atomic E-state index is 13.5. The first-order chi connectivity index (χ1) is 11.4. The molecule has 4 nitrogen and oxygen atoms in total. The van der Waals surface area contributed by atoms with Crippen molar-refractivity contribution in [1.82, 2.24) is 5.32 Å². The summed E-state index contributed by atoms with van der Waals surface area (Å²) in [6, 6.07) is 1.98. The molecule has 0 aliphatic rings. The van der Waals surface area contributed by atoms with Gasteiger partial charge in [0.2, 0.25) is 5.91 Å². The Labute approximate surface area is 141 Å². The van der Waals surface area contributed by atoms with E-state index in [0.29, 0.717) is 18.9 Å². The van der Waals surface area contributed by atoms with Gasteiger partial charge in [-0.05, 0) is 18.1 Å². The molecule has 0 heterocycles. The lowest BCUT2D eigenvalue weighted by Crippen LogP contribution is -2.41. The summed E-state index contributed by atoms with van der Waals surface area (Å²) in [5.41, 5.74) is 0.0394. The van der Waals surface area contributed by atoms with E-state index < -0.39 is 29.6 Å². The predicted molar refractivity (Wildman–Crippen MR) is 87.6 cm³/mol. The molecule has 1 amide bonds. The number of hydrogen-bond donors (Lipinski definition) is 2. The van der Waals surface area contributed by atoms with Gasteiger partial charge in [0.15, 0.2) is 0 Å². The fraction of sp³-hybridized carbons (Fsp3) is 0.556. The van der Waals surface area contributed by atoms with Crippen LogP contribution in [0.3, 0.4) is 0 Å². The summed E-state index contributed by atoms with van der Waals surface area (Å²) >= 11 is 0. The maximum absolute atomic E-state index is 13.5. The number of halogens is 2. The molecular weight excluding hydrogens is 316 g/mol. The van der Waals surface area contributed by atoms with E-state index in [4.69, 9.17) is 0 Å². The van der Waals surface area contributed by atoms with Crippen LogP contribution in [-0.2, 0) is 16.0 Å². The molecule has 1 rings (SSSR count). The lowest BCUT2D eigenvalue weighted by Gasteiger charge is -2.14. The fourth-order valence-corrected chi connectivity index (χ4v) is 2.47. The molecule has 0 aliphatic carbocycles. The highest BCUT2D eigenvalue weighted by molar-refractivity contribution is 5.84. The van der Waals surface area contributed by atoms with Gasteiger partial charge >= 0.3 is 5.97 Å². The van der Waals surface area contributed by atoms with Gasteiger partial charge in [-0.25, -0.2) is 13.6 Å². The largest absolute Gasteiger partial charge is 0.480 e. The minimum atomic E-state index is -1.10. The molecule has 0 aliphatic heterocycles. The molecule has 0 aromatic heterocycles. The summed E-state index contributed by atoms with van der Waals surface area (Å²) in [6.07, 6.45) is 6.17. The summed E-state index contributed by atoms with van der Waals surface area (Å²) in [4.78, 5) is 23.1. The number of carboxylic acid groups (broad SMARTS) is 1. The van der Waals surface area contributed by atoms with Gasteiger partial charge in [-0.1, -0.05) is 51.5 Å². The molecule has 1 aromatic carbocycles. The van der Waals surface area contributed by atoms with E-state index in [1.165, 1.54) is 12.5 Å². The van der Waals surface area contributed by atoms with E-state index in [1.807, 2.05) is 0 Å². The number of hydrogen-bond acceptors (Lipinski definition) is 2. The number of aliphatic carboxylic acids is 1. The molecule has 0 bridgehead atoms. The van der Waals surface area contributed by atoms with Crippen LogP contribution in [0.4, 0.5) is 8.78 Å². The topological polar surface area (TPSA) is 66.4 Å². The second kappa shape index (κ2) is 10.7. The smallest absolute Gasteiger partial charge is 0.326 e. The van der Waals surface area contributed by atoms with Gasteiger partial charge in [0.25, 0.3) is 0 Å². The highest BCUT2D eigenvalue weighted by Gasteiger charge is 2.20. The number of carboxylic acids is 1. The van der Waals surface area contributed by atoms with Crippen molar-refractivity contribution in [2.45, 2.75) is 64.3 Å². The number of carbonyl (C=O) groups excluding carboxylic acids is 1. The zero-order chi connectivity index (χ0) is 17.9. The SMILES string of the molecule is CCCCCCCC[C@H](NC(=O)Cc1ccc(F)cc1F)C(=O)O. The summed E-state index contributed by atoms with van der Waals surface area (Å²) in [5, 5.41) is 11.6. The minimum Gasteiger partial charge on any atom is -0.480 e. The van der Waals surface area contributed by atoms with Crippen LogP contribution in [0, 0.1) is 11.6 Å². The summed E-state index contributed by atoms with van der Waals surface area (Å²) < 4.78 is 26.4. The van der Waals surface area contributed by atoms with Crippen LogP contribution in [0.15, 0.2) is 18.2 Å². The lowest BCUT2D eigenvalue weighted by molar-refractivity contribution is -0.142. The first kappa shape index (κ1) is 20.1. The molecule has 0 radical (unpaired) electrons. The third kappa shape index (κ3) is 7.53. The van der Waals surface area contributed by atoms with Crippen LogP contribution >= 0.6 is 0 Å². The highest BCUT2D eigenvalue weighted by Crippen LogP contribution is 2.12. The van der Waals surface area contributed by atoms with Crippen molar-refractivity contribution in [3.8, 4) is 0 Å². The van der Waals surface area contributed by atoms with Crippen molar-refractivity contribution in [2.24, 2.45) is 0 Å². The first-order valence-corrected chi connectivity index (χ1v) is 8.40. The maximum Gasteiger partial charge on any atom is 0.326 e. The van der Waals surface area contributed by atoms with E-state index in [0.717, 1.165) is 31.7 Å².